The topological polar surface area (TPSA) is 43.8 Å². The molecule has 0 radical (unpaired) electrons. The van der Waals surface area contributed by atoms with E-state index in [1.807, 2.05) is 70.4 Å². The molecule has 130 valence electrons. The van der Waals surface area contributed by atoms with Gasteiger partial charge in [-0.3, -0.25) is 4.79 Å². The van der Waals surface area contributed by atoms with Gasteiger partial charge in [0, 0.05) is 13.1 Å². The van der Waals surface area contributed by atoms with Crippen molar-refractivity contribution in [2.45, 2.75) is 38.8 Å². The Morgan fingerprint density at radius 2 is 1.60 bits per heavy atom. The number of nitrogens with zero attached hydrogens (tertiary/aromatic N) is 2. The lowest BCUT2D eigenvalue weighted by Gasteiger charge is -2.31. The van der Waals surface area contributed by atoms with Crippen molar-refractivity contribution < 1.29 is 9.82 Å². The van der Waals surface area contributed by atoms with E-state index in [9.17, 15) is 9.82 Å². The van der Waals surface area contributed by atoms with Crippen molar-refractivity contribution in [3.05, 3.63) is 71.8 Å². The zero-order valence-corrected chi connectivity index (χ0v) is 14.7. The maximum atomic E-state index is 13.2. The van der Waals surface area contributed by atoms with Gasteiger partial charge in [-0.1, -0.05) is 60.7 Å². The van der Waals surface area contributed by atoms with E-state index in [0.29, 0.717) is 13.1 Å². The Morgan fingerprint density at radius 3 is 2.08 bits per heavy atom. The molecule has 0 unspecified atom stereocenters. The van der Waals surface area contributed by atoms with Crippen LogP contribution in [0.25, 0.3) is 0 Å². The van der Waals surface area contributed by atoms with Crippen molar-refractivity contribution in [2.75, 3.05) is 6.54 Å². The maximum absolute atomic E-state index is 13.2. The third-order valence-electron chi connectivity index (χ3n) is 4.80. The number of amides is 1. The van der Waals surface area contributed by atoms with Gasteiger partial charge in [-0.15, -0.1) is 0 Å². The minimum Gasteiger partial charge on any atom is -0.437 e. The number of hydrogen-bond donors (Lipinski definition) is 1. The van der Waals surface area contributed by atoms with E-state index >= 15 is 0 Å². The standard InChI is InChI=1S/C20H25BN2O2/c1-21(25)23-14-8-13-19(23)20(24)22(15-17-9-4-2-5-10-17)16-18-11-6-3-7-12-18/h2-7,9-12,19,25H,8,13-16H2,1H3/t19-/m0/s1. The number of hydrogen-bond acceptors (Lipinski definition) is 3. The molecule has 3 rings (SSSR count). The summed E-state index contributed by atoms with van der Waals surface area (Å²) in [6.45, 7) is 3.68. The monoisotopic (exact) mass is 336 g/mol. The van der Waals surface area contributed by atoms with Crippen molar-refractivity contribution in [3.8, 4) is 0 Å². The zero-order valence-electron chi connectivity index (χ0n) is 14.7. The second-order valence-corrected chi connectivity index (χ2v) is 6.69. The highest BCUT2D eigenvalue weighted by Crippen LogP contribution is 2.22. The quantitative estimate of drug-likeness (QED) is 0.825. The summed E-state index contributed by atoms with van der Waals surface area (Å²) in [5.41, 5.74) is 2.24. The third-order valence-corrected chi connectivity index (χ3v) is 4.80. The van der Waals surface area contributed by atoms with Crippen LogP contribution in [0.2, 0.25) is 6.82 Å². The average Bonchev–Trinajstić information content (AvgIpc) is 3.12. The molecule has 25 heavy (non-hydrogen) atoms. The first-order valence-corrected chi connectivity index (χ1v) is 8.95. The second-order valence-electron chi connectivity index (χ2n) is 6.69. The summed E-state index contributed by atoms with van der Waals surface area (Å²) in [6, 6.07) is 19.9. The molecule has 2 aromatic carbocycles. The molecule has 1 amide bonds. The highest BCUT2D eigenvalue weighted by molar-refractivity contribution is 6.45. The van der Waals surface area contributed by atoms with Gasteiger partial charge in [0.15, 0.2) is 0 Å². The summed E-state index contributed by atoms with van der Waals surface area (Å²) in [5, 5.41) is 9.99. The molecule has 1 aliphatic rings. The predicted octanol–water partition coefficient (Wildman–Crippen LogP) is 2.79. The van der Waals surface area contributed by atoms with Crippen LogP contribution in [-0.4, -0.2) is 40.3 Å². The van der Waals surface area contributed by atoms with Crippen LogP contribution in [-0.2, 0) is 17.9 Å². The van der Waals surface area contributed by atoms with Crippen molar-refractivity contribution >= 4 is 13.0 Å². The largest absolute Gasteiger partial charge is 0.437 e. The van der Waals surface area contributed by atoms with E-state index in [1.54, 1.807) is 6.82 Å². The van der Waals surface area contributed by atoms with Gasteiger partial charge < -0.3 is 14.7 Å². The van der Waals surface area contributed by atoms with Gasteiger partial charge in [0.05, 0.1) is 6.04 Å². The zero-order chi connectivity index (χ0) is 17.6. The van der Waals surface area contributed by atoms with Crippen molar-refractivity contribution in [1.82, 2.24) is 9.71 Å². The Kier molecular flexibility index (Phi) is 5.89. The van der Waals surface area contributed by atoms with Gasteiger partial charge >= 0.3 is 7.05 Å². The van der Waals surface area contributed by atoms with E-state index in [2.05, 4.69) is 0 Å². The number of rotatable bonds is 6. The van der Waals surface area contributed by atoms with Crippen LogP contribution in [0.3, 0.4) is 0 Å². The van der Waals surface area contributed by atoms with Gasteiger partial charge in [0.25, 0.3) is 0 Å². The maximum Gasteiger partial charge on any atom is 0.377 e. The fraction of sp³-hybridized carbons (Fsp3) is 0.350. The molecule has 0 saturated carbocycles. The fourth-order valence-corrected chi connectivity index (χ4v) is 3.53. The summed E-state index contributed by atoms with van der Waals surface area (Å²) in [4.78, 5) is 17.1. The smallest absolute Gasteiger partial charge is 0.377 e. The van der Waals surface area contributed by atoms with E-state index < -0.39 is 7.05 Å². The van der Waals surface area contributed by atoms with Crippen molar-refractivity contribution in [2.24, 2.45) is 0 Å². The first-order chi connectivity index (χ1) is 12.1. The summed E-state index contributed by atoms with van der Waals surface area (Å²) in [5.74, 6) is 0.103. The molecule has 1 atom stereocenters. The Hall–Kier alpha value is -2.11. The summed E-state index contributed by atoms with van der Waals surface area (Å²) < 4.78 is 0. The fourth-order valence-electron chi connectivity index (χ4n) is 3.53. The molecule has 1 N–H and O–H groups in total. The van der Waals surface area contributed by atoms with Crippen LogP contribution in [0.4, 0.5) is 0 Å². The highest BCUT2D eigenvalue weighted by Gasteiger charge is 2.37. The molecule has 0 bridgehead atoms. The molecule has 0 spiro atoms. The molecule has 2 aromatic rings. The Labute approximate surface area is 150 Å². The van der Waals surface area contributed by atoms with E-state index in [0.717, 1.165) is 30.5 Å². The van der Waals surface area contributed by atoms with E-state index in [4.69, 9.17) is 0 Å². The van der Waals surface area contributed by atoms with Gasteiger partial charge in [-0.2, -0.15) is 0 Å². The number of carbonyl (C=O) groups excluding carboxylic acids is 1. The first-order valence-electron chi connectivity index (χ1n) is 8.95. The Bertz CT molecular complexity index is 637. The summed E-state index contributed by atoms with van der Waals surface area (Å²) >= 11 is 0. The van der Waals surface area contributed by atoms with Crippen LogP contribution in [0.5, 0.6) is 0 Å². The average molecular weight is 336 g/mol. The second kappa shape index (κ2) is 8.32. The van der Waals surface area contributed by atoms with Gasteiger partial charge in [0.2, 0.25) is 5.91 Å². The molecular weight excluding hydrogens is 311 g/mol. The normalized spacial score (nSPS) is 17.4. The molecular formula is C20H25BN2O2. The molecule has 0 aromatic heterocycles. The minimum absolute atomic E-state index is 0.103. The van der Waals surface area contributed by atoms with Crippen LogP contribution in [0.15, 0.2) is 60.7 Å². The van der Waals surface area contributed by atoms with Crippen molar-refractivity contribution in [3.63, 3.8) is 0 Å². The number of carbonyl (C=O) groups is 1. The lowest BCUT2D eigenvalue weighted by Crippen LogP contribution is -2.50. The Morgan fingerprint density at radius 1 is 1.08 bits per heavy atom. The van der Waals surface area contributed by atoms with Crippen LogP contribution in [0, 0.1) is 0 Å². The molecule has 4 nitrogen and oxygen atoms in total. The first kappa shape index (κ1) is 17.7. The predicted molar refractivity (Wildman–Crippen MR) is 101 cm³/mol. The molecule has 1 saturated heterocycles. The minimum atomic E-state index is -0.591. The third kappa shape index (κ3) is 4.50. The number of benzene rings is 2. The highest BCUT2D eigenvalue weighted by atomic mass is 16.2. The van der Waals surface area contributed by atoms with Gasteiger partial charge in [0.1, 0.15) is 0 Å². The molecule has 1 heterocycles. The molecule has 1 aliphatic heterocycles. The SMILES string of the molecule is CB(O)N1CCC[C@H]1C(=O)N(Cc1ccccc1)Cc1ccccc1. The summed E-state index contributed by atoms with van der Waals surface area (Å²) in [6.07, 6.45) is 1.76. The molecule has 0 aliphatic carbocycles. The van der Waals surface area contributed by atoms with Gasteiger partial charge in [-0.25, -0.2) is 0 Å². The lowest BCUT2D eigenvalue weighted by atomic mass is 9.84. The van der Waals surface area contributed by atoms with Gasteiger partial charge in [-0.05, 0) is 37.3 Å². The molecule has 1 fully saturated rings. The van der Waals surface area contributed by atoms with Crippen LogP contribution < -0.4 is 0 Å². The molecule has 5 heteroatoms. The van der Waals surface area contributed by atoms with Crippen LogP contribution >= 0.6 is 0 Å². The Balaban J connectivity index is 1.81. The lowest BCUT2D eigenvalue weighted by molar-refractivity contribution is -0.136. The van der Waals surface area contributed by atoms with E-state index in [-0.39, 0.29) is 11.9 Å². The van der Waals surface area contributed by atoms with Crippen LogP contribution in [0.1, 0.15) is 24.0 Å². The van der Waals surface area contributed by atoms with Crippen molar-refractivity contribution in [1.29, 1.82) is 0 Å². The van der Waals surface area contributed by atoms with E-state index in [1.165, 1.54) is 0 Å². The summed E-state index contributed by atoms with van der Waals surface area (Å²) in [7, 11) is -0.591.